The third-order valence-corrected chi connectivity index (χ3v) is 4.78. The van der Waals surface area contributed by atoms with Crippen molar-refractivity contribution >= 4 is 8.80 Å². The van der Waals surface area contributed by atoms with E-state index in [1.54, 1.807) is 13.8 Å². The zero-order chi connectivity index (χ0) is 14.5. The van der Waals surface area contributed by atoms with Gasteiger partial charge in [-0.1, -0.05) is 12.1 Å². The highest BCUT2D eigenvalue weighted by Crippen LogP contribution is 2.29. The first kappa shape index (κ1) is 16.2. The van der Waals surface area contributed by atoms with Crippen LogP contribution in [0.1, 0.15) is 25.0 Å². The molecule has 0 aliphatic heterocycles. The lowest BCUT2D eigenvalue weighted by Gasteiger charge is -2.23. The average molecular weight is 294 g/mol. The third-order valence-electron chi connectivity index (χ3n) is 2.45. The minimum atomic E-state index is -4.36. The standard InChI is InChI=1S/C12H17F3O3Si/c1-3-17-19(16,18-4-2)9-10-5-7-11(8-6-10)12(13,14)15/h5-8,16H,3-4,9H2,1-2H3. The van der Waals surface area contributed by atoms with Crippen LogP contribution in [-0.4, -0.2) is 26.8 Å². The molecule has 1 aromatic rings. The van der Waals surface area contributed by atoms with Gasteiger partial charge in [-0.25, -0.2) is 0 Å². The van der Waals surface area contributed by atoms with E-state index >= 15 is 0 Å². The van der Waals surface area contributed by atoms with Crippen LogP contribution in [0.25, 0.3) is 0 Å². The van der Waals surface area contributed by atoms with Crippen LogP contribution in [0.3, 0.4) is 0 Å². The molecular weight excluding hydrogens is 277 g/mol. The second kappa shape index (κ2) is 6.51. The summed E-state index contributed by atoms with van der Waals surface area (Å²) in [6, 6.07) is 4.74. The Balaban J connectivity index is 2.81. The smallest absolute Gasteiger partial charge is 0.389 e. The van der Waals surface area contributed by atoms with Crippen molar-refractivity contribution in [2.45, 2.75) is 26.1 Å². The summed E-state index contributed by atoms with van der Waals surface area (Å²) in [4.78, 5) is 10.2. The Hall–Kier alpha value is -0.893. The number of benzene rings is 1. The molecule has 0 aliphatic rings. The molecule has 0 spiro atoms. The molecule has 0 bridgehead atoms. The summed E-state index contributed by atoms with van der Waals surface area (Å²) in [6.45, 7) is 4.04. The minimum Gasteiger partial charge on any atom is -0.389 e. The van der Waals surface area contributed by atoms with E-state index in [1.165, 1.54) is 12.1 Å². The highest BCUT2D eigenvalue weighted by atomic mass is 28.4. The molecule has 0 amide bonds. The summed E-state index contributed by atoms with van der Waals surface area (Å²) < 4.78 is 47.7. The molecule has 0 aromatic heterocycles. The molecule has 0 unspecified atom stereocenters. The van der Waals surface area contributed by atoms with Gasteiger partial charge < -0.3 is 13.6 Å². The van der Waals surface area contributed by atoms with Gasteiger partial charge in [-0.05, 0) is 31.5 Å². The first-order chi connectivity index (χ1) is 8.80. The van der Waals surface area contributed by atoms with Crippen LogP contribution < -0.4 is 0 Å². The van der Waals surface area contributed by atoms with Gasteiger partial charge in [-0.15, -0.1) is 0 Å². The first-order valence-corrected chi connectivity index (χ1v) is 7.94. The van der Waals surface area contributed by atoms with Crippen molar-refractivity contribution in [2.75, 3.05) is 13.2 Å². The normalized spacial score (nSPS) is 12.7. The Morgan fingerprint density at radius 2 is 1.53 bits per heavy atom. The Kier molecular flexibility index (Phi) is 5.54. The maximum Gasteiger partial charge on any atom is 0.502 e. The second-order valence-electron chi connectivity index (χ2n) is 3.95. The number of halogens is 3. The number of hydrogen-bond acceptors (Lipinski definition) is 3. The van der Waals surface area contributed by atoms with E-state index in [1.807, 2.05) is 0 Å². The topological polar surface area (TPSA) is 38.7 Å². The van der Waals surface area contributed by atoms with Gasteiger partial charge in [0.15, 0.2) is 0 Å². The summed E-state index contributed by atoms with van der Waals surface area (Å²) in [5.41, 5.74) is -0.154. The first-order valence-electron chi connectivity index (χ1n) is 5.97. The van der Waals surface area contributed by atoms with Crippen LogP contribution in [0.5, 0.6) is 0 Å². The summed E-state index contributed by atoms with van der Waals surface area (Å²) in [7, 11) is -3.33. The van der Waals surface area contributed by atoms with Crippen molar-refractivity contribution < 1.29 is 26.8 Å². The molecular formula is C12H17F3O3Si. The molecule has 0 saturated heterocycles. The lowest BCUT2D eigenvalue weighted by Crippen LogP contribution is -2.45. The largest absolute Gasteiger partial charge is 0.502 e. The Bertz CT molecular complexity index is 386. The second-order valence-corrected chi connectivity index (χ2v) is 6.31. The van der Waals surface area contributed by atoms with E-state index in [0.717, 1.165) is 12.1 Å². The molecule has 1 aromatic carbocycles. The van der Waals surface area contributed by atoms with Crippen molar-refractivity contribution in [3.8, 4) is 0 Å². The van der Waals surface area contributed by atoms with Crippen LogP contribution in [-0.2, 0) is 21.1 Å². The van der Waals surface area contributed by atoms with Crippen LogP contribution in [0, 0.1) is 0 Å². The molecule has 0 atom stereocenters. The highest BCUT2D eigenvalue weighted by molar-refractivity contribution is 6.58. The summed E-state index contributed by atoms with van der Waals surface area (Å²) in [6.07, 6.45) is -4.36. The zero-order valence-corrected chi connectivity index (χ0v) is 11.8. The van der Waals surface area contributed by atoms with Crippen molar-refractivity contribution in [1.82, 2.24) is 0 Å². The molecule has 0 aliphatic carbocycles. The van der Waals surface area contributed by atoms with Crippen LogP contribution in [0.15, 0.2) is 24.3 Å². The van der Waals surface area contributed by atoms with E-state index in [2.05, 4.69) is 0 Å². The number of rotatable bonds is 6. The van der Waals surface area contributed by atoms with Gasteiger partial charge >= 0.3 is 15.0 Å². The van der Waals surface area contributed by atoms with Gasteiger partial charge in [0, 0.05) is 19.3 Å². The van der Waals surface area contributed by atoms with Gasteiger partial charge in [0.1, 0.15) is 0 Å². The van der Waals surface area contributed by atoms with E-state index < -0.39 is 20.5 Å². The van der Waals surface area contributed by atoms with E-state index in [-0.39, 0.29) is 6.04 Å². The Labute approximate surface area is 111 Å². The van der Waals surface area contributed by atoms with E-state index in [0.29, 0.717) is 18.8 Å². The van der Waals surface area contributed by atoms with Gasteiger partial charge in [0.25, 0.3) is 0 Å². The maximum absolute atomic E-state index is 12.4. The minimum absolute atomic E-state index is 0.104. The lowest BCUT2D eigenvalue weighted by molar-refractivity contribution is -0.137. The molecule has 0 radical (unpaired) electrons. The van der Waals surface area contributed by atoms with Gasteiger partial charge in [-0.2, -0.15) is 13.2 Å². The summed E-state index contributed by atoms with van der Waals surface area (Å²) in [5.74, 6) is 0. The number of alkyl halides is 3. The summed E-state index contributed by atoms with van der Waals surface area (Å²) >= 11 is 0. The van der Waals surface area contributed by atoms with E-state index in [9.17, 15) is 18.0 Å². The average Bonchev–Trinajstić information content (AvgIpc) is 2.28. The van der Waals surface area contributed by atoms with Crippen LogP contribution in [0.2, 0.25) is 0 Å². The molecule has 1 rings (SSSR count). The van der Waals surface area contributed by atoms with E-state index in [4.69, 9.17) is 8.85 Å². The van der Waals surface area contributed by atoms with Crippen LogP contribution >= 0.6 is 0 Å². The van der Waals surface area contributed by atoms with Crippen molar-refractivity contribution in [2.24, 2.45) is 0 Å². The predicted molar refractivity (Wildman–Crippen MR) is 66.4 cm³/mol. The molecule has 0 saturated carbocycles. The predicted octanol–water partition coefficient (Wildman–Crippen LogP) is 2.79. The number of hydrogen-bond donors (Lipinski definition) is 1. The van der Waals surface area contributed by atoms with Crippen LogP contribution in [0.4, 0.5) is 13.2 Å². The molecule has 0 fully saturated rings. The molecule has 19 heavy (non-hydrogen) atoms. The summed E-state index contributed by atoms with van der Waals surface area (Å²) in [5, 5.41) is 0. The Morgan fingerprint density at radius 1 is 1.05 bits per heavy atom. The Morgan fingerprint density at radius 3 is 1.89 bits per heavy atom. The van der Waals surface area contributed by atoms with Gasteiger partial charge in [-0.3, -0.25) is 0 Å². The van der Waals surface area contributed by atoms with Gasteiger partial charge in [0.05, 0.1) is 5.56 Å². The van der Waals surface area contributed by atoms with Crippen molar-refractivity contribution in [1.29, 1.82) is 0 Å². The van der Waals surface area contributed by atoms with Crippen molar-refractivity contribution in [3.05, 3.63) is 35.4 Å². The molecule has 0 heterocycles. The molecule has 3 nitrogen and oxygen atoms in total. The van der Waals surface area contributed by atoms with Crippen molar-refractivity contribution in [3.63, 3.8) is 0 Å². The monoisotopic (exact) mass is 294 g/mol. The maximum atomic E-state index is 12.4. The van der Waals surface area contributed by atoms with Gasteiger partial charge in [0.2, 0.25) is 0 Å². The third kappa shape index (κ3) is 4.94. The molecule has 7 heteroatoms. The molecule has 1 N–H and O–H groups in total. The SMILES string of the molecule is CCO[Si](O)(Cc1ccc(C(F)(F)F)cc1)OCC. The highest BCUT2D eigenvalue weighted by Gasteiger charge is 2.37. The zero-order valence-electron chi connectivity index (χ0n) is 10.8. The lowest BCUT2D eigenvalue weighted by atomic mass is 10.1. The fraction of sp³-hybridized carbons (Fsp3) is 0.500. The quantitative estimate of drug-likeness (QED) is 0.820. The molecule has 108 valence electrons. The fourth-order valence-electron chi connectivity index (χ4n) is 1.66. The fourth-order valence-corrected chi connectivity index (χ4v) is 3.61.